The number of aromatic nitrogens is 4. The molecule has 1 aromatic heterocycles. The third kappa shape index (κ3) is 7.67. The Morgan fingerprint density at radius 2 is 1.55 bits per heavy atom. The van der Waals surface area contributed by atoms with Gasteiger partial charge in [0.15, 0.2) is 6.29 Å². The molecule has 4 aliphatic carbocycles. The highest BCUT2D eigenvalue weighted by Gasteiger charge is 2.51. The van der Waals surface area contributed by atoms with Crippen LogP contribution in [0.15, 0.2) is 102 Å². The fourth-order valence-electron chi connectivity index (χ4n) is 9.99. The fourth-order valence-corrected chi connectivity index (χ4v) is 11.0. The summed E-state index contributed by atoms with van der Waals surface area (Å²) in [5.74, 6) is 3.04. The standard InChI is InChI=1S/C44H48N6O5S/c1-27-39(26-56-43-47-48-49-50(43)36-14-16-37(52)17-15-36)54-41(55-40(27)33-8-6-28(25-51)7-9-33)34-12-10-32(11-13-34)38-5-3-2-4-35(38)24-45-42(53)46-44-21-29-18-30(22-44)20-31(19-29)23-44/h2-17,27,29-31,39-41,51-52H,18-26H2,1H3,(H2,45,46,53)/t27-,29?,30?,31?,39+,40+,41+,44?/m0/s1. The van der Waals surface area contributed by atoms with E-state index in [1.807, 2.05) is 36.4 Å². The van der Waals surface area contributed by atoms with Gasteiger partial charge in [-0.2, -0.15) is 4.68 Å². The van der Waals surface area contributed by atoms with Gasteiger partial charge in [0.05, 0.1) is 24.5 Å². The lowest BCUT2D eigenvalue weighted by Gasteiger charge is -2.56. The molecule has 56 heavy (non-hydrogen) atoms. The molecular weight excluding hydrogens is 725 g/mol. The Kier molecular flexibility index (Phi) is 10.3. The number of urea groups is 1. The first kappa shape index (κ1) is 36.9. The van der Waals surface area contributed by atoms with Crippen molar-refractivity contribution in [1.82, 2.24) is 30.8 Å². The van der Waals surface area contributed by atoms with Crippen molar-refractivity contribution in [3.8, 4) is 22.6 Å². The Labute approximate surface area is 331 Å². The molecule has 2 heterocycles. The molecule has 4 N–H and O–H groups in total. The summed E-state index contributed by atoms with van der Waals surface area (Å²) in [6.07, 6.45) is 6.29. The Morgan fingerprint density at radius 1 is 0.875 bits per heavy atom. The number of tetrazole rings is 1. The van der Waals surface area contributed by atoms with E-state index in [1.165, 1.54) is 31.0 Å². The van der Waals surface area contributed by atoms with E-state index >= 15 is 0 Å². The van der Waals surface area contributed by atoms with Crippen molar-refractivity contribution < 1.29 is 24.5 Å². The summed E-state index contributed by atoms with van der Waals surface area (Å²) in [4.78, 5) is 13.3. The number of amides is 2. The molecule has 5 aliphatic rings. The second kappa shape index (κ2) is 15.7. The largest absolute Gasteiger partial charge is 0.508 e. The lowest BCUT2D eigenvalue weighted by atomic mass is 9.53. The predicted molar refractivity (Wildman–Crippen MR) is 213 cm³/mol. The van der Waals surface area contributed by atoms with Crippen LogP contribution in [0.4, 0.5) is 4.79 Å². The number of carbonyl (C=O) groups is 1. The van der Waals surface area contributed by atoms with Crippen LogP contribution in [0.5, 0.6) is 5.75 Å². The smallest absolute Gasteiger partial charge is 0.315 e. The van der Waals surface area contributed by atoms with Gasteiger partial charge in [0, 0.05) is 29.3 Å². The van der Waals surface area contributed by atoms with Crippen LogP contribution in [-0.4, -0.2) is 53.8 Å². The highest BCUT2D eigenvalue weighted by molar-refractivity contribution is 7.99. The van der Waals surface area contributed by atoms with E-state index in [1.54, 1.807) is 28.9 Å². The van der Waals surface area contributed by atoms with Crippen molar-refractivity contribution in [3.63, 3.8) is 0 Å². The molecule has 4 bridgehead atoms. The van der Waals surface area contributed by atoms with E-state index in [0.717, 1.165) is 76.1 Å². The number of ether oxygens (including phenoxy) is 2. The third-order valence-electron chi connectivity index (χ3n) is 12.4. The molecule has 10 rings (SSSR count). The van der Waals surface area contributed by atoms with Crippen molar-refractivity contribution in [2.24, 2.45) is 23.7 Å². The highest BCUT2D eigenvalue weighted by atomic mass is 32.2. The van der Waals surface area contributed by atoms with Crippen molar-refractivity contribution in [1.29, 1.82) is 0 Å². The molecule has 12 heteroatoms. The maximum absolute atomic E-state index is 13.3. The monoisotopic (exact) mass is 772 g/mol. The summed E-state index contributed by atoms with van der Waals surface area (Å²) < 4.78 is 15.1. The molecule has 1 aliphatic heterocycles. The number of phenolic OH excluding ortho intramolecular Hbond substituents is 1. The lowest BCUT2D eigenvalue weighted by molar-refractivity contribution is -0.268. The minimum absolute atomic E-state index is 0.0180. The van der Waals surface area contributed by atoms with Crippen molar-refractivity contribution in [2.45, 2.75) is 87.8 Å². The number of benzene rings is 4. The molecule has 5 fully saturated rings. The van der Waals surface area contributed by atoms with Gasteiger partial charge in [0.25, 0.3) is 0 Å². The Bertz CT molecular complexity index is 2110. The molecule has 4 saturated carbocycles. The number of nitrogens with zero attached hydrogens (tertiary/aromatic N) is 4. The molecule has 290 valence electrons. The number of thioether (sulfide) groups is 1. The second-order valence-electron chi connectivity index (χ2n) is 16.3. The summed E-state index contributed by atoms with van der Waals surface area (Å²) in [7, 11) is 0. The molecule has 2 amide bonds. The van der Waals surface area contributed by atoms with E-state index < -0.39 is 6.29 Å². The molecule has 11 nitrogen and oxygen atoms in total. The third-order valence-corrected chi connectivity index (χ3v) is 13.4. The van der Waals surface area contributed by atoms with Crippen molar-refractivity contribution in [3.05, 3.63) is 119 Å². The van der Waals surface area contributed by atoms with Gasteiger partial charge in [0.2, 0.25) is 5.16 Å². The van der Waals surface area contributed by atoms with Crippen LogP contribution in [0.1, 0.15) is 80.1 Å². The lowest BCUT2D eigenvalue weighted by Crippen LogP contribution is -2.61. The first-order chi connectivity index (χ1) is 27.3. The van der Waals surface area contributed by atoms with Crippen LogP contribution < -0.4 is 10.6 Å². The molecule has 0 unspecified atom stereocenters. The Hall–Kier alpha value is -4.75. The van der Waals surface area contributed by atoms with Crippen LogP contribution in [0.2, 0.25) is 0 Å². The van der Waals surface area contributed by atoms with Crippen LogP contribution in [0.25, 0.3) is 16.8 Å². The first-order valence-electron chi connectivity index (χ1n) is 19.8. The van der Waals surface area contributed by atoms with E-state index in [2.05, 4.69) is 69.5 Å². The zero-order valence-electron chi connectivity index (χ0n) is 31.5. The fraction of sp³-hybridized carbons (Fsp3) is 0.409. The molecule has 4 aromatic carbocycles. The van der Waals surface area contributed by atoms with Crippen molar-refractivity contribution in [2.75, 3.05) is 5.75 Å². The number of aliphatic hydroxyl groups is 1. The van der Waals surface area contributed by atoms with Crippen LogP contribution in [0, 0.1) is 23.7 Å². The molecular formula is C44H48N6O5S. The highest BCUT2D eigenvalue weighted by Crippen LogP contribution is 2.55. The summed E-state index contributed by atoms with van der Waals surface area (Å²) >= 11 is 1.50. The molecule has 4 atom stereocenters. The van der Waals surface area contributed by atoms with Gasteiger partial charge in [-0.3, -0.25) is 0 Å². The minimum atomic E-state index is -0.633. The van der Waals surface area contributed by atoms with Gasteiger partial charge < -0.3 is 30.3 Å². The topological polar surface area (TPSA) is 144 Å². The number of hydrogen-bond acceptors (Lipinski definition) is 9. The minimum Gasteiger partial charge on any atom is -0.508 e. The summed E-state index contributed by atoms with van der Waals surface area (Å²) in [5, 5.41) is 39.1. The number of carbonyl (C=O) groups excluding carboxylic acids is 1. The molecule has 0 radical (unpaired) electrons. The number of aliphatic hydroxyl groups excluding tert-OH is 1. The van der Waals surface area contributed by atoms with Crippen LogP contribution >= 0.6 is 11.8 Å². The van der Waals surface area contributed by atoms with Crippen molar-refractivity contribution >= 4 is 17.8 Å². The number of nitrogens with one attached hydrogen (secondary N) is 2. The molecule has 0 spiro atoms. The summed E-state index contributed by atoms with van der Waals surface area (Å²) in [6.45, 7) is 2.55. The SMILES string of the molecule is C[C@H]1[C@@H](CSc2nnnn2-c2ccc(O)cc2)O[C@@H](c2ccc(-c3ccccc3CNC(=O)NC34CC5CC(CC(C5)C3)C4)cc2)O[C@H]1c1ccc(CO)cc1. The first-order valence-corrected chi connectivity index (χ1v) is 20.8. The van der Waals surface area contributed by atoms with Crippen LogP contribution in [-0.2, 0) is 22.6 Å². The zero-order valence-corrected chi connectivity index (χ0v) is 32.3. The average Bonchev–Trinajstić information content (AvgIpc) is 3.68. The summed E-state index contributed by atoms with van der Waals surface area (Å²) in [5.41, 5.74) is 6.63. The number of phenols is 1. The maximum atomic E-state index is 13.3. The van der Waals surface area contributed by atoms with Gasteiger partial charge >= 0.3 is 6.03 Å². The van der Waals surface area contributed by atoms with Gasteiger partial charge in [-0.05, 0) is 119 Å². The van der Waals surface area contributed by atoms with E-state index in [9.17, 15) is 15.0 Å². The zero-order chi connectivity index (χ0) is 38.2. The molecule has 1 saturated heterocycles. The normalized spacial score (nSPS) is 27.9. The number of rotatable bonds is 11. The Morgan fingerprint density at radius 3 is 2.25 bits per heavy atom. The quantitative estimate of drug-likeness (QED) is 0.0987. The van der Waals surface area contributed by atoms with Gasteiger partial charge in [0.1, 0.15) is 5.75 Å². The second-order valence-corrected chi connectivity index (χ2v) is 17.3. The van der Waals surface area contributed by atoms with Gasteiger partial charge in [-0.15, -0.1) is 5.10 Å². The average molecular weight is 773 g/mol. The Balaban J connectivity index is 0.903. The van der Waals surface area contributed by atoms with Crippen LogP contribution in [0.3, 0.4) is 0 Å². The summed E-state index contributed by atoms with van der Waals surface area (Å²) in [6, 6.07) is 31.1. The van der Waals surface area contributed by atoms with Gasteiger partial charge in [-0.25, -0.2) is 4.79 Å². The predicted octanol–water partition coefficient (Wildman–Crippen LogP) is 7.88. The number of hydrogen-bond donors (Lipinski definition) is 4. The molecule has 5 aromatic rings. The maximum Gasteiger partial charge on any atom is 0.315 e. The van der Waals surface area contributed by atoms with E-state index in [0.29, 0.717) is 17.5 Å². The van der Waals surface area contributed by atoms with E-state index in [-0.39, 0.29) is 42.1 Å². The van der Waals surface area contributed by atoms with E-state index in [4.69, 9.17) is 9.47 Å². The van der Waals surface area contributed by atoms with Gasteiger partial charge in [-0.1, -0.05) is 91.5 Å². The number of aromatic hydroxyl groups is 1.